The van der Waals surface area contributed by atoms with Crippen LogP contribution in [-0.2, 0) is 11.2 Å². The number of benzene rings is 2. The van der Waals surface area contributed by atoms with Crippen molar-refractivity contribution >= 4 is 11.6 Å². The molecule has 25 heavy (non-hydrogen) atoms. The van der Waals surface area contributed by atoms with Crippen LogP contribution in [0.15, 0.2) is 42.5 Å². The van der Waals surface area contributed by atoms with Crippen molar-refractivity contribution in [2.24, 2.45) is 0 Å². The molecule has 1 N–H and O–H groups in total. The summed E-state index contributed by atoms with van der Waals surface area (Å²) in [6.07, 6.45) is 0.827. The molecule has 0 atom stereocenters. The molecule has 5 heteroatoms. The highest BCUT2D eigenvalue weighted by Gasteiger charge is 2.32. The molecule has 1 aliphatic rings. The van der Waals surface area contributed by atoms with Crippen molar-refractivity contribution in [3.8, 4) is 17.2 Å². The first-order valence-corrected chi connectivity index (χ1v) is 8.44. The number of para-hydroxylation sites is 3. The third-order valence-electron chi connectivity index (χ3n) is 3.87. The van der Waals surface area contributed by atoms with E-state index in [0.29, 0.717) is 23.8 Å². The first-order chi connectivity index (χ1) is 12.0. The summed E-state index contributed by atoms with van der Waals surface area (Å²) in [5.74, 6) is 1.72. The number of nitrogens with one attached hydrogen (secondary N) is 1. The Morgan fingerprint density at radius 2 is 1.88 bits per heavy atom. The van der Waals surface area contributed by atoms with Crippen LogP contribution in [0.2, 0.25) is 0 Å². The molecule has 0 aliphatic carbocycles. The molecule has 0 spiro atoms. The van der Waals surface area contributed by atoms with Gasteiger partial charge >= 0.3 is 0 Å². The number of hydrogen-bond acceptors (Lipinski definition) is 4. The molecule has 0 aromatic heterocycles. The van der Waals surface area contributed by atoms with Crippen LogP contribution in [0.4, 0.5) is 5.69 Å². The normalized spacial score (nSPS) is 14.4. The van der Waals surface area contributed by atoms with Gasteiger partial charge in [-0.05, 0) is 39.0 Å². The van der Waals surface area contributed by atoms with E-state index in [1.165, 1.54) is 0 Å². The monoisotopic (exact) mass is 341 g/mol. The number of rotatable bonds is 6. The largest absolute Gasteiger partial charge is 0.492 e. The highest BCUT2D eigenvalue weighted by atomic mass is 16.5. The van der Waals surface area contributed by atoms with E-state index >= 15 is 0 Å². The number of hydrogen-bond donors (Lipinski definition) is 1. The van der Waals surface area contributed by atoms with Gasteiger partial charge in [0.15, 0.2) is 18.1 Å². The molecule has 0 saturated heterocycles. The average molecular weight is 341 g/mol. The third kappa shape index (κ3) is 4.05. The summed E-state index contributed by atoms with van der Waals surface area (Å²) in [7, 11) is 0. The molecule has 5 nitrogen and oxygen atoms in total. The highest BCUT2D eigenvalue weighted by molar-refractivity contribution is 5.93. The third-order valence-corrected chi connectivity index (χ3v) is 3.87. The Morgan fingerprint density at radius 1 is 1.12 bits per heavy atom. The van der Waals surface area contributed by atoms with Crippen LogP contribution < -0.4 is 19.5 Å². The average Bonchev–Trinajstić information content (AvgIpc) is 2.89. The van der Waals surface area contributed by atoms with Crippen LogP contribution >= 0.6 is 0 Å². The second-order valence-electron chi connectivity index (χ2n) is 6.55. The van der Waals surface area contributed by atoms with Crippen LogP contribution in [0.25, 0.3) is 0 Å². The predicted octanol–water partition coefficient (Wildman–Crippen LogP) is 3.82. The van der Waals surface area contributed by atoms with Crippen LogP contribution in [0, 0.1) is 0 Å². The second-order valence-corrected chi connectivity index (χ2v) is 6.55. The fourth-order valence-electron chi connectivity index (χ4n) is 2.88. The minimum absolute atomic E-state index is 0.0965. The van der Waals surface area contributed by atoms with E-state index in [1.54, 1.807) is 6.07 Å². The molecule has 0 radical (unpaired) electrons. The van der Waals surface area contributed by atoms with E-state index in [2.05, 4.69) is 5.32 Å². The number of amides is 1. The fraction of sp³-hybridized carbons (Fsp3) is 0.350. The lowest BCUT2D eigenvalue weighted by Gasteiger charge is -2.18. The lowest BCUT2D eigenvalue weighted by molar-refractivity contribution is -0.118. The van der Waals surface area contributed by atoms with Gasteiger partial charge in [-0.2, -0.15) is 0 Å². The smallest absolute Gasteiger partial charge is 0.262 e. The molecule has 1 heterocycles. The zero-order valence-corrected chi connectivity index (χ0v) is 14.8. The summed E-state index contributed by atoms with van der Waals surface area (Å²) < 4.78 is 17.2. The molecule has 2 aromatic rings. The maximum Gasteiger partial charge on any atom is 0.262 e. The van der Waals surface area contributed by atoms with Gasteiger partial charge in [0.25, 0.3) is 5.91 Å². The van der Waals surface area contributed by atoms with Crippen LogP contribution in [0.3, 0.4) is 0 Å². The van der Waals surface area contributed by atoms with Crippen molar-refractivity contribution in [2.75, 3.05) is 18.5 Å². The zero-order chi connectivity index (χ0) is 17.9. The molecule has 132 valence electrons. The van der Waals surface area contributed by atoms with Crippen molar-refractivity contribution in [3.05, 3.63) is 48.0 Å². The van der Waals surface area contributed by atoms with Crippen molar-refractivity contribution in [2.45, 2.75) is 32.8 Å². The number of carbonyl (C=O) groups is 1. The Bertz CT molecular complexity index is 770. The molecule has 0 bridgehead atoms. The first kappa shape index (κ1) is 17.1. The van der Waals surface area contributed by atoms with Gasteiger partial charge in [-0.25, -0.2) is 0 Å². The van der Waals surface area contributed by atoms with Crippen LogP contribution in [-0.4, -0.2) is 24.7 Å². The number of anilines is 1. The summed E-state index contributed by atoms with van der Waals surface area (Å²) in [5, 5.41) is 2.82. The number of ether oxygens (including phenoxy) is 3. The van der Waals surface area contributed by atoms with Crippen molar-refractivity contribution in [3.63, 3.8) is 0 Å². The SMILES string of the molecule is CCOc1ccccc1NC(=O)COc1cccc2c1OC(C)(C)C2. The summed E-state index contributed by atoms with van der Waals surface area (Å²) in [6, 6.07) is 13.1. The Kier molecular flexibility index (Phi) is 4.83. The summed E-state index contributed by atoms with van der Waals surface area (Å²) in [5.41, 5.74) is 1.48. The van der Waals surface area contributed by atoms with Gasteiger partial charge in [0.2, 0.25) is 0 Å². The molecule has 0 fully saturated rings. The molecular weight excluding hydrogens is 318 g/mol. The van der Waals surface area contributed by atoms with Gasteiger partial charge in [-0.3, -0.25) is 4.79 Å². The minimum Gasteiger partial charge on any atom is -0.492 e. The van der Waals surface area contributed by atoms with E-state index in [4.69, 9.17) is 14.2 Å². The Balaban J connectivity index is 1.64. The number of fused-ring (bicyclic) bond motifs is 1. The van der Waals surface area contributed by atoms with Gasteiger partial charge in [0.05, 0.1) is 12.3 Å². The molecule has 2 aromatic carbocycles. The Hall–Kier alpha value is -2.69. The van der Waals surface area contributed by atoms with Crippen molar-refractivity contribution < 1.29 is 19.0 Å². The van der Waals surface area contributed by atoms with Crippen molar-refractivity contribution in [1.29, 1.82) is 0 Å². The molecule has 1 aliphatic heterocycles. The van der Waals surface area contributed by atoms with Crippen LogP contribution in [0.1, 0.15) is 26.3 Å². The Morgan fingerprint density at radius 3 is 2.68 bits per heavy atom. The van der Waals surface area contributed by atoms with E-state index in [-0.39, 0.29) is 18.1 Å². The standard InChI is InChI=1S/C20H23NO4/c1-4-23-16-10-6-5-9-15(16)21-18(22)13-24-17-11-7-8-14-12-20(2,3)25-19(14)17/h5-11H,4,12-13H2,1-3H3,(H,21,22). The molecule has 0 unspecified atom stereocenters. The molecular formula is C20H23NO4. The van der Waals surface area contributed by atoms with Gasteiger partial charge in [-0.1, -0.05) is 24.3 Å². The molecule has 0 saturated carbocycles. The summed E-state index contributed by atoms with van der Waals surface area (Å²) in [4.78, 5) is 12.2. The van der Waals surface area contributed by atoms with Gasteiger partial charge in [-0.15, -0.1) is 0 Å². The van der Waals surface area contributed by atoms with E-state index in [0.717, 1.165) is 17.7 Å². The Labute approximate surface area is 147 Å². The first-order valence-electron chi connectivity index (χ1n) is 8.44. The van der Waals surface area contributed by atoms with Crippen molar-refractivity contribution in [1.82, 2.24) is 0 Å². The summed E-state index contributed by atoms with van der Waals surface area (Å²) >= 11 is 0. The van der Waals surface area contributed by atoms with E-state index in [1.807, 2.05) is 57.2 Å². The second kappa shape index (κ2) is 7.05. The highest BCUT2D eigenvalue weighted by Crippen LogP contribution is 2.41. The zero-order valence-electron chi connectivity index (χ0n) is 14.8. The van der Waals surface area contributed by atoms with Crippen LogP contribution in [0.5, 0.6) is 17.2 Å². The molecule has 1 amide bonds. The number of carbonyl (C=O) groups excluding carboxylic acids is 1. The lowest BCUT2D eigenvalue weighted by Crippen LogP contribution is -2.25. The predicted molar refractivity (Wildman–Crippen MR) is 96.6 cm³/mol. The molecule has 3 rings (SSSR count). The van der Waals surface area contributed by atoms with E-state index < -0.39 is 0 Å². The quantitative estimate of drug-likeness (QED) is 0.868. The maximum atomic E-state index is 12.2. The van der Waals surface area contributed by atoms with Gasteiger partial charge < -0.3 is 19.5 Å². The lowest BCUT2D eigenvalue weighted by atomic mass is 10.0. The summed E-state index contributed by atoms with van der Waals surface area (Å²) in [6.45, 7) is 6.41. The topological polar surface area (TPSA) is 56.8 Å². The van der Waals surface area contributed by atoms with E-state index in [9.17, 15) is 4.79 Å². The van der Waals surface area contributed by atoms with Gasteiger partial charge in [0.1, 0.15) is 11.4 Å². The maximum absolute atomic E-state index is 12.2. The fourth-order valence-corrected chi connectivity index (χ4v) is 2.88. The minimum atomic E-state index is -0.250. The van der Waals surface area contributed by atoms with Gasteiger partial charge in [0, 0.05) is 12.0 Å².